The van der Waals surface area contributed by atoms with Crippen molar-refractivity contribution in [2.24, 2.45) is 0 Å². The van der Waals surface area contributed by atoms with Gasteiger partial charge in [0, 0.05) is 17.9 Å². The van der Waals surface area contributed by atoms with Crippen molar-refractivity contribution < 1.29 is 8.42 Å². The van der Waals surface area contributed by atoms with Crippen LogP contribution in [0.2, 0.25) is 5.02 Å². The molecule has 3 rings (SSSR count). The van der Waals surface area contributed by atoms with Gasteiger partial charge in [-0.25, -0.2) is 18.4 Å². The fourth-order valence-corrected chi connectivity index (χ4v) is 4.87. The first-order chi connectivity index (χ1) is 14.4. The molecule has 0 aliphatic carbocycles. The van der Waals surface area contributed by atoms with Gasteiger partial charge in [0.15, 0.2) is 5.16 Å². The van der Waals surface area contributed by atoms with E-state index in [9.17, 15) is 8.42 Å². The van der Waals surface area contributed by atoms with Gasteiger partial charge in [0.25, 0.3) is 10.0 Å². The molecule has 0 fully saturated rings. The minimum Gasteiger partial charge on any atom is -0.367 e. The highest BCUT2D eigenvalue weighted by Gasteiger charge is 2.19. The van der Waals surface area contributed by atoms with Crippen LogP contribution in [0.4, 0.5) is 11.6 Å². The summed E-state index contributed by atoms with van der Waals surface area (Å²) in [4.78, 5) is 8.94. The Morgan fingerprint density at radius 1 is 1.03 bits per heavy atom. The van der Waals surface area contributed by atoms with Gasteiger partial charge >= 0.3 is 0 Å². The minimum absolute atomic E-state index is 0.000188. The summed E-state index contributed by atoms with van der Waals surface area (Å²) < 4.78 is 28.2. The van der Waals surface area contributed by atoms with Gasteiger partial charge < -0.3 is 5.32 Å². The van der Waals surface area contributed by atoms with E-state index in [4.69, 9.17) is 11.6 Å². The van der Waals surface area contributed by atoms with Gasteiger partial charge in [0.2, 0.25) is 0 Å². The van der Waals surface area contributed by atoms with E-state index in [0.29, 0.717) is 16.7 Å². The number of thioether (sulfide) groups is 1. The summed E-state index contributed by atoms with van der Waals surface area (Å²) in [5.41, 5.74) is 1.13. The SMILES string of the molecule is CC[C@@H](C)Nc1cc(NS(=O)(=O)c2ccccc2Cl)nc(SCc2ccccc2)n1. The van der Waals surface area contributed by atoms with Crippen LogP contribution in [0.15, 0.2) is 70.7 Å². The number of halogens is 1. The maximum Gasteiger partial charge on any atom is 0.264 e. The fourth-order valence-electron chi connectivity index (χ4n) is 2.55. The highest BCUT2D eigenvalue weighted by Crippen LogP contribution is 2.26. The van der Waals surface area contributed by atoms with Crippen LogP contribution in [0.25, 0.3) is 0 Å². The van der Waals surface area contributed by atoms with Crippen LogP contribution in [-0.2, 0) is 15.8 Å². The van der Waals surface area contributed by atoms with Crippen molar-refractivity contribution in [3.63, 3.8) is 0 Å². The van der Waals surface area contributed by atoms with E-state index in [1.807, 2.05) is 37.3 Å². The predicted molar refractivity (Wildman–Crippen MR) is 124 cm³/mol. The molecule has 1 aromatic heterocycles. The number of nitrogens with zero attached hydrogens (tertiary/aromatic N) is 2. The summed E-state index contributed by atoms with van der Waals surface area (Å²) >= 11 is 7.51. The van der Waals surface area contributed by atoms with Crippen LogP contribution in [0.1, 0.15) is 25.8 Å². The maximum atomic E-state index is 12.8. The standard InChI is InChI=1S/C21H23ClN4O2S2/c1-3-15(2)23-19-13-20(26-30(27,28)18-12-8-7-11-17(18)22)25-21(24-19)29-14-16-9-5-4-6-10-16/h4-13,15H,3,14H2,1-2H3,(H2,23,24,25,26)/t15-/m1/s1. The van der Waals surface area contributed by atoms with Gasteiger partial charge in [-0.1, -0.05) is 72.8 Å². The third kappa shape index (κ3) is 6.10. The Bertz CT molecular complexity index is 1100. The topological polar surface area (TPSA) is 84.0 Å². The largest absolute Gasteiger partial charge is 0.367 e. The molecule has 3 aromatic rings. The minimum atomic E-state index is -3.89. The Morgan fingerprint density at radius 3 is 2.40 bits per heavy atom. The number of hydrogen-bond acceptors (Lipinski definition) is 6. The lowest BCUT2D eigenvalue weighted by Gasteiger charge is -2.15. The third-order valence-electron chi connectivity index (χ3n) is 4.29. The molecule has 158 valence electrons. The van der Waals surface area contributed by atoms with E-state index in [1.165, 1.54) is 23.9 Å². The highest BCUT2D eigenvalue weighted by atomic mass is 35.5. The highest BCUT2D eigenvalue weighted by molar-refractivity contribution is 7.98. The number of hydrogen-bond donors (Lipinski definition) is 2. The normalized spacial score (nSPS) is 12.4. The van der Waals surface area contributed by atoms with Crippen LogP contribution in [0.3, 0.4) is 0 Å². The molecular formula is C21H23ClN4O2S2. The van der Waals surface area contributed by atoms with Gasteiger partial charge in [-0.3, -0.25) is 4.72 Å². The number of aromatic nitrogens is 2. The molecular weight excluding hydrogens is 440 g/mol. The van der Waals surface area contributed by atoms with Crippen molar-refractivity contribution in [1.29, 1.82) is 0 Å². The van der Waals surface area contributed by atoms with Gasteiger partial charge in [-0.15, -0.1) is 0 Å². The zero-order chi connectivity index (χ0) is 21.6. The van der Waals surface area contributed by atoms with Gasteiger partial charge in [0.1, 0.15) is 16.5 Å². The number of benzene rings is 2. The lowest BCUT2D eigenvalue weighted by atomic mass is 10.2. The smallest absolute Gasteiger partial charge is 0.264 e. The Labute approximate surface area is 186 Å². The van der Waals surface area contributed by atoms with Crippen molar-refractivity contribution >= 4 is 45.0 Å². The van der Waals surface area contributed by atoms with E-state index < -0.39 is 10.0 Å². The summed E-state index contributed by atoms with van der Waals surface area (Å²) in [7, 11) is -3.89. The summed E-state index contributed by atoms with van der Waals surface area (Å²) in [6.45, 7) is 4.09. The summed E-state index contributed by atoms with van der Waals surface area (Å²) in [6, 6.07) is 18.0. The van der Waals surface area contributed by atoms with Crippen molar-refractivity contribution in [3.05, 3.63) is 71.2 Å². The summed E-state index contributed by atoms with van der Waals surface area (Å²) in [5.74, 6) is 1.42. The number of nitrogens with one attached hydrogen (secondary N) is 2. The third-order valence-corrected chi connectivity index (χ3v) is 7.06. The predicted octanol–water partition coefficient (Wildman–Crippen LogP) is 5.43. The molecule has 0 bridgehead atoms. The fraction of sp³-hybridized carbons (Fsp3) is 0.238. The summed E-state index contributed by atoms with van der Waals surface area (Å²) in [6.07, 6.45) is 0.900. The second-order valence-electron chi connectivity index (χ2n) is 6.68. The van der Waals surface area contributed by atoms with Crippen LogP contribution in [-0.4, -0.2) is 24.4 Å². The van der Waals surface area contributed by atoms with Crippen molar-refractivity contribution in [1.82, 2.24) is 9.97 Å². The van der Waals surface area contributed by atoms with Crippen molar-refractivity contribution in [2.45, 2.75) is 42.1 Å². The summed E-state index contributed by atoms with van der Waals surface area (Å²) in [5, 5.41) is 3.91. The van der Waals surface area contributed by atoms with Crippen LogP contribution in [0.5, 0.6) is 0 Å². The molecule has 0 amide bonds. The van der Waals surface area contributed by atoms with Crippen molar-refractivity contribution in [2.75, 3.05) is 10.0 Å². The monoisotopic (exact) mass is 462 g/mol. The maximum absolute atomic E-state index is 12.8. The Morgan fingerprint density at radius 2 is 1.70 bits per heavy atom. The Balaban J connectivity index is 1.88. The molecule has 2 N–H and O–H groups in total. The molecule has 1 atom stereocenters. The lowest BCUT2D eigenvalue weighted by Crippen LogP contribution is -2.17. The Hall–Kier alpha value is -2.29. The molecule has 0 spiro atoms. The number of rotatable bonds is 9. The first kappa shape index (κ1) is 22.4. The number of anilines is 2. The molecule has 9 heteroatoms. The first-order valence-corrected chi connectivity index (χ1v) is 12.3. The molecule has 0 saturated heterocycles. The Kier molecular flexibility index (Phi) is 7.58. The molecule has 0 unspecified atom stereocenters. The average molecular weight is 463 g/mol. The van der Waals surface area contributed by atoms with E-state index in [-0.39, 0.29) is 21.8 Å². The average Bonchev–Trinajstić information content (AvgIpc) is 2.72. The quantitative estimate of drug-likeness (QED) is 0.325. The molecule has 6 nitrogen and oxygen atoms in total. The first-order valence-electron chi connectivity index (χ1n) is 9.47. The van der Waals surface area contributed by atoms with E-state index >= 15 is 0 Å². The molecule has 0 aliphatic rings. The molecule has 2 aromatic carbocycles. The zero-order valence-corrected chi connectivity index (χ0v) is 19.1. The van der Waals surface area contributed by atoms with E-state index in [2.05, 4.69) is 26.9 Å². The molecule has 0 radical (unpaired) electrons. The van der Waals surface area contributed by atoms with Gasteiger partial charge in [-0.2, -0.15) is 0 Å². The van der Waals surface area contributed by atoms with Crippen LogP contribution in [0, 0.1) is 0 Å². The zero-order valence-electron chi connectivity index (χ0n) is 16.7. The van der Waals surface area contributed by atoms with Crippen molar-refractivity contribution in [3.8, 4) is 0 Å². The second kappa shape index (κ2) is 10.1. The van der Waals surface area contributed by atoms with Gasteiger partial charge in [-0.05, 0) is 31.0 Å². The number of sulfonamides is 1. The molecule has 1 heterocycles. The van der Waals surface area contributed by atoms with Gasteiger partial charge in [0.05, 0.1) is 5.02 Å². The van der Waals surface area contributed by atoms with E-state index in [0.717, 1.165) is 12.0 Å². The molecule has 0 saturated carbocycles. The lowest BCUT2D eigenvalue weighted by molar-refractivity contribution is 0.601. The van der Waals surface area contributed by atoms with Crippen LogP contribution >= 0.6 is 23.4 Å². The molecule has 30 heavy (non-hydrogen) atoms. The second-order valence-corrected chi connectivity index (χ2v) is 9.69. The molecule has 0 aliphatic heterocycles. The van der Waals surface area contributed by atoms with Crippen LogP contribution < -0.4 is 10.0 Å². The van der Waals surface area contributed by atoms with E-state index in [1.54, 1.807) is 18.2 Å².